The smallest absolute Gasteiger partial charge is 0.326 e. The molecule has 2 aromatic carbocycles. The Morgan fingerprint density at radius 1 is 0.725 bits per heavy atom. The lowest BCUT2D eigenvalue weighted by atomic mass is 10.0. The second-order valence-electron chi connectivity index (χ2n) is 9.25. The molecule has 0 aromatic heterocycles. The highest BCUT2D eigenvalue weighted by Gasteiger charge is 2.30. The number of aromatic hydroxyl groups is 1. The molecule has 12 heteroatoms. The molecule has 0 aliphatic carbocycles. The first-order valence-corrected chi connectivity index (χ1v) is 15.6. The number of rotatable bonds is 17. The summed E-state index contributed by atoms with van der Waals surface area (Å²) in [5.41, 5.74) is 7.36. The largest absolute Gasteiger partial charge is 0.508 e. The number of hydrogen-bond donors (Lipinski definition) is 6. The van der Waals surface area contributed by atoms with Gasteiger partial charge in [0, 0.05) is 12.8 Å². The predicted molar refractivity (Wildman–Crippen MR) is 159 cm³/mol. The zero-order valence-electron chi connectivity index (χ0n) is 22.7. The molecule has 218 valence electrons. The Hall–Kier alpha value is -3.22. The Kier molecular flexibility index (Phi) is 14.4. The van der Waals surface area contributed by atoms with Crippen LogP contribution in [0.2, 0.25) is 0 Å². The van der Waals surface area contributed by atoms with Gasteiger partial charge in [-0.3, -0.25) is 14.4 Å². The molecule has 4 atom stereocenters. The Balaban J connectivity index is 2.22. The van der Waals surface area contributed by atoms with Gasteiger partial charge in [-0.05, 0) is 60.1 Å². The first-order chi connectivity index (χ1) is 19.1. The lowest BCUT2D eigenvalue weighted by molar-refractivity contribution is -0.142. The molecule has 10 nitrogen and oxygen atoms in total. The van der Waals surface area contributed by atoms with Gasteiger partial charge in [-0.2, -0.15) is 23.5 Å². The van der Waals surface area contributed by atoms with Gasteiger partial charge in [0.05, 0.1) is 6.04 Å². The van der Waals surface area contributed by atoms with Crippen molar-refractivity contribution in [2.45, 2.75) is 49.9 Å². The van der Waals surface area contributed by atoms with E-state index in [4.69, 9.17) is 5.73 Å². The minimum absolute atomic E-state index is 0.0201. The van der Waals surface area contributed by atoms with Crippen LogP contribution in [0.5, 0.6) is 5.75 Å². The molecule has 0 fully saturated rings. The summed E-state index contributed by atoms with van der Waals surface area (Å²) in [5, 5.41) is 27.3. The number of carboxylic acids is 1. The van der Waals surface area contributed by atoms with E-state index in [1.807, 2.05) is 18.6 Å². The fourth-order valence-electron chi connectivity index (χ4n) is 3.83. The molecule has 2 aromatic rings. The molecule has 0 saturated heterocycles. The zero-order valence-corrected chi connectivity index (χ0v) is 24.3. The van der Waals surface area contributed by atoms with Gasteiger partial charge < -0.3 is 31.9 Å². The lowest BCUT2D eigenvalue weighted by Gasteiger charge is -2.25. The van der Waals surface area contributed by atoms with Gasteiger partial charge in [-0.25, -0.2) is 4.79 Å². The van der Waals surface area contributed by atoms with Crippen LogP contribution in [0.3, 0.4) is 0 Å². The summed E-state index contributed by atoms with van der Waals surface area (Å²) in [6.07, 6.45) is 4.67. The zero-order chi connectivity index (χ0) is 29.5. The third-order valence-electron chi connectivity index (χ3n) is 6.12. The maximum absolute atomic E-state index is 13.4. The van der Waals surface area contributed by atoms with E-state index < -0.39 is 47.9 Å². The highest BCUT2D eigenvalue weighted by molar-refractivity contribution is 7.98. The third kappa shape index (κ3) is 11.5. The normalized spacial score (nSPS) is 13.9. The number of carbonyl (C=O) groups excluding carboxylic acids is 3. The van der Waals surface area contributed by atoms with Gasteiger partial charge in [0.1, 0.15) is 23.9 Å². The second-order valence-corrected chi connectivity index (χ2v) is 11.2. The first-order valence-electron chi connectivity index (χ1n) is 12.8. The number of carbonyl (C=O) groups is 4. The van der Waals surface area contributed by atoms with Crippen molar-refractivity contribution in [2.24, 2.45) is 5.73 Å². The topological polar surface area (TPSA) is 171 Å². The summed E-state index contributed by atoms with van der Waals surface area (Å²) in [5.74, 6) is -1.59. The quantitative estimate of drug-likeness (QED) is 0.160. The van der Waals surface area contributed by atoms with Crippen molar-refractivity contribution in [3.63, 3.8) is 0 Å². The van der Waals surface area contributed by atoms with Gasteiger partial charge in [-0.15, -0.1) is 0 Å². The Morgan fingerprint density at radius 2 is 1.23 bits per heavy atom. The molecular weight excluding hydrogens is 552 g/mol. The SMILES string of the molecule is CSCCC(N)C(=O)NC(CCSC)C(=O)NC(Cc1ccccc1)C(=O)NC(Cc1ccc(O)cc1)C(=O)O. The summed E-state index contributed by atoms with van der Waals surface area (Å²) >= 11 is 3.08. The molecule has 2 rings (SSSR count). The molecular formula is C28H38N4O6S2. The number of phenols is 1. The summed E-state index contributed by atoms with van der Waals surface area (Å²) in [6.45, 7) is 0. The van der Waals surface area contributed by atoms with Crippen LogP contribution in [0.15, 0.2) is 54.6 Å². The van der Waals surface area contributed by atoms with E-state index in [0.29, 0.717) is 29.9 Å². The van der Waals surface area contributed by atoms with Crippen molar-refractivity contribution < 1.29 is 29.4 Å². The van der Waals surface area contributed by atoms with Gasteiger partial charge in [0.25, 0.3) is 0 Å². The number of hydrogen-bond acceptors (Lipinski definition) is 8. The number of carboxylic acid groups (broad SMARTS) is 1. The van der Waals surface area contributed by atoms with Crippen LogP contribution < -0.4 is 21.7 Å². The molecule has 0 bridgehead atoms. The van der Waals surface area contributed by atoms with Crippen LogP contribution in [0, 0.1) is 0 Å². The molecule has 0 aliphatic heterocycles. The summed E-state index contributed by atoms with van der Waals surface area (Å²) in [6, 6.07) is 11.0. The van der Waals surface area contributed by atoms with Crippen LogP contribution in [-0.4, -0.2) is 82.1 Å². The molecule has 0 aliphatic rings. The lowest BCUT2D eigenvalue weighted by Crippen LogP contribution is -2.58. The molecule has 0 saturated carbocycles. The number of phenolic OH excluding ortho intramolecular Hbond substituents is 1. The summed E-state index contributed by atoms with van der Waals surface area (Å²) in [4.78, 5) is 51.4. The van der Waals surface area contributed by atoms with Crippen molar-refractivity contribution in [1.29, 1.82) is 0 Å². The number of aliphatic carboxylic acids is 1. The number of thioether (sulfide) groups is 2. The van der Waals surface area contributed by atoms with Crippen molar-refractivity contribution in [3.05, 3.63) is 65.7 Å². The highest BCUT2D eigenvalue weighted by atomic mass is 32.2. The van der Waals surface area contributed by atoms with Gasteiger partial charge in [0.2, 0.25) is 17.7 Å². The Bertz CT molecular complexity index is 1100. The van der Waals surface area contributed by atoms with Gasteiger partial charge >= 0.3 is 5.97 Å². The minimum atomic E-state index is -1.27. The fraction of sp³-hybridized carbons (Fsp3) is 0.429. The monoisotopic (exact) mass is 590 g/mol. The van der Waals surface area contributed by atoms with Gasteiger partial charge in [-0.1, -0.05) is 42.5 Å². The van der Waals surface area contributed by atoms with Crippen molar-refractivity contribution in [2.75, 3.05) is 24.0 Å². The van der Waals surface area contributed by atoms with Crippen molar-refractivity contribution in [3.8, 4) is 5.75 Å². The number of nitrogens with two attached hydrogens (primary N) is 1. The fourth-order valence-corrected chi connectivity index (χ4v) is 4.79. The van der Waals surface area contributed by atoms with Crippen LogP contribution in [0.4, 0.5) is 0 Å². The van der Waals surface area contributed by atoms with E-state index in [9.17, 15) is 29.4 Å². The Labute approximate surface area is 243 Å². The maximum atomic E-state index is 13.4. The molecule has 0 spiro atoms. The number of nitrogens with one attached hydrogen (secondary N) is 3. The van der Waals surface area contributed by atoms with E-state index in [2.05, 4.69) is 16.0 Å². The molecule has 7 N–H and O–H groups in total. The van der Waals surface area contributed by atoms with E-state index >= 15 is 0 Å². The number of benzene rings is 2. The molecule has 0 radical (unpaired) electrons. The molecule has 0 heterocycles. The van der Waals surface area contributed by atoms with Crippen molar-refractivity contribution in [1.82, 2.24) is 16.0 Å². The van der Waals surface area contributed by atoms with Crippen LogP contribution in [0.25, 0.3) is 0 Å². The van der Waals surface area contributed by atoms with Crippen LogP contribution in [0.1, 0.15) is 24.0 Å². The van der Waals surface area contributed by atoms with E-state index in [1.165, 1.54) is 23.9 Å². The second kappa shape index (κ2) is 17.5. The van der Waals surface area contributed by atoms with E-state index in [-0.39, 0.29) is 18.6 Å². The summed E-state index contributed by atoms with van der Waals surface area (Å²) < 4.78 is 0. The molecule has 4 unspecified atom stereocenters. The summed E-state index contributed by atoms with van der Waals surface area (Å²) in [7, 11) is 0. The van der Waals surface area contributed by atoms with E-state index in [1.54, 1.807) is 48.2 Å². The predicted octanol–water partition coefficient (Wildman–Crippen LogP) is 1.55. The third-order valence-corrected chi connectivity index (χ3v) is 7.41. The van der Waals surface area contributed by atoms with Crippen LogP contribution >= 0.6 is 23.5 Å². The first kappa shape index (κ1) is 33.0. The minimum Gasteiger partial charge on any atom is -0.508 e. The maximum Gasteiger partial charge on any atom is 0.326 e. The average molecular weight is 591 g/mol. The molecule has 3 amide bonds. The van der Waals surface area contributed by atoms with Crippen molar-refractivity contribution >= 4 is 47.2 Å². The highest BCUT2D eigenvalue weighted by Crippen LogP contribution is 2.12. The standard InChI is InChI=1S/C28H38N4O6S2/c1-39-14-12-21(29)25(34)30-22(13-15-40-2)26(35)31-23(16-18-6-4-3-5-7-18)27(36)32-24(28(37)38)17-19-8-10-20(33)11-9-19/h3-11,21-24,33H,12-17,29H2,1-2H3,(H,30,34)(H,31,35)(H,32,36)(H,37,38). The Morgan fingerprint density at radius 3 is 1.82 bits per heavy atom. The average Bonchev–Trinajstić information content (AvgIpc) is 2.94. The molecule has 40 heavy (non-hydrogen) atoms. The van der Waals surface area contributed by atoms with Gasteiger partial charge in [0.15, 0.2) is 0 Å². The van der Waals surface area contributed by atoms with Crippen LogP contribution in [-0.2, 0) is 32.0 Å². The van der Waals surface area contributed by atoms with E-state index in [0.717, 1.165) is 5.56 Å². The number of amides is 3.